The molecule has 12 aromatic carbocycles. The fourth-order valence-electron chi connectivity index (χ4n) is 9.91. The van der Waals surface area contributed by atoms with Crippen molar-refractivity contribution < 1.29 is 0 Å². The minimum absolute atomic E-state index is 1.17. The number of rotatable bonds is 3. The van der Waals surface area contributed by atoms with Gasteiger partial charge in [-0.15, -0.1) is 0 Å². The molecular weight excluding hydrogens is 639 g/mol. The van der Waals surface area contributed by atoms with Gasteiger partial charge < -0.3 is 4.57 Å². The number of hydrogen-bond donors (Lipinski definition) is 0. The van der Waals surface area contributed by atoms with E-state index in [1.807, 2.05) is 0 Å². The zero-order valence-electron chi connectivity index (χ0n) is 28.7. The second kappa shape index (κ2) is 9.88. The van der Waals surface area contributed by atoms with Crippen molar-refractivity contribution in [3.05, 3.63) is 176 Å². The normalized spacial score (nSPS) is 12.5. The molecule has 53 heavy (non-hydrogen) atoms. The van der Waals surface area contributed by atoms with Gasteiger partial charge in [0.2, 0.25) is 0 Å². The largest absolute Gasteiger partial charge is 0.309 e. The van der Waals surface area contributed by atoms with E-state index in [4.69, 9.17) is 0 Å². The van der Waals surface area contributed by atoms with E-state index in [2.05, 4.69) is 180 Å². The molecule has 0 aliphatic rings. The third-order valence-corrected chi connectivity index (χ3v) is 12.2. The summed E-state index contributed by atoms with van der Waals surface area (Å²) in [5, 5.41) is 21.0. The first-order chi connectivity index (χ1) is 26.3. The molecule has 1 nitrogen and oxygen atoms in total. The molecule has 1 heteroatoms. The van der Waals surface area contributed by atoms with Gasteiger partial charge in [0, 0.05) is 16.5 Å². The molecule has 0 spiro atoms. The van der Waals surface area contributed by atoms with Gasteiger partial charge in [0.05, 0.1) is 11.0 Å². The van der Waals surface area contributed by atoms with Gasteiger partial charge in [0.25, 0.3) is 0 Å². The van der Waals surface area contributed by atoms with Crippen LogP contribution in [0.3, 0.4) is 0 Å². The molecule has 0 saturated heterocycles. The summed E-state index contributed by atoms with van der Waals surface area (Å²) < 4.78 is 2.50. The predicted molar refractivity (Wildman–Crippen MR) is 228 cm³/mol. The van der Waals surface area contributed by atoms with Crippen LogP contribution in [0.2, 0.25) is 0 Å². The van der Waals surface area contributed by atoms with Crippen molar-refractivity contribution in [3.8, 4) is 27.9 Å². The third-order valence-electron chi connectivity index (χ3n) is 12.2. The van der Waals surface area contributed by atoms with E-state index in [1.165, 1.54) is 125 Å². The van der Waals surface area contributed by atoms with E-state index in [9.17, 15) is 0 Å². The highest BCUT2D eigenvalue weighted by atomic mass is 15.0. The summed E-state index contributed by atoms with van der Waals surface area (Å²) in [6.45, 7) is 0. The number of nitrogens with zero attached hydrogens (tertiary/aromatic N) is 1. The summed E-state index contributed by atoms with van der Waals surface area (Å²) in [7, 11) is 0. The molecule has 0 aliphatic heterocycles. The molecular formula is C52H29N. The molecule has 0 aliphatic carbocycles. The quantitative estimate of drug-likeness (QED) is 0.165. The molecule has 0 amide bonds. The van der Waals surface area contributed by atoms with Crippen molar-refractivity contribution in [3.63, 3.8) is 0 Å². The Balaban J connectivity index is 1.12. The minimum atomic E-state index is 1.17. The topological polar surface area (TPSA) is 4.93 Å². The standard InChI is InChI=1S/C52H29N/c1-2-10-40(11-3-1)53-45-28-38(41-22-18-34-14-12-30-6-4-8-32-20-24-43(41)49(34)47(30)32)26-36-16-17-37-27-39(29-46(53)52(37)51(36)45)42-23-19-35-15-13-31-7-5-9-33-21-25-44(42)50(35)48(31)33/h1-29H. The molecule has 0 bridgehead atoms. The van der Waals surface area contributed by atoms with Crippen LogP contribution >= 0.6 is 0 Å². The van der Waals surface area contributed by atoms with Crippen molar-refractivity contribution in [1.82, 2.24) is 4.57 Å². The lowest BCUT2D eigenvalue weighted by Gasteiger charge is -2.15. The number of aromatic nitrogens is 1. The van der Waals surface area contributed by atoms with Gasteiger partial charge in [-0.2, -0.15) is 0 Å². The Morgan fingerprint density at radius 2 is 0.660 bits per heavy atom. The van der Waals surface area contributed by atoms with Crippen LogP contribution in [0, 0.1) is 0 Å². The van der Waals surface area contributed by atoms with E-state index in [0.29, 0.717) is 0 Å². The Bertz CT molecular complexity index is 3350. The Labute approximate surface area is 304 Å². The highest BCUT2D eigenvalue weighted by Gasteiger charge is 2.21. The lowest BCUT2D eigenvalue weighted by molar-refractivity contribution is 1.18. The van der Waals surface area contributed by atoms with E-state index in [1.54, 1.807) is 0 Å². The summed E-state index contributed by atoms with van der Waals surface area (Å²) in [6, 6.07) is 66.2. The highest BCUT2D eigenvalue weighted by Crippen LogP contribution is 2.47. The lowest BCUT2D eigenvalue weighted by Crippen LogP contribution is -1.94. The van der Waals surface area contributed by atoms with Gasteiger partial charge in [-0.3, -0.25) is 0 Å². The SMILES string of the molecule is c1ccc(-n2c3cc(-c4ccc5ccc6cccc7ccc4c5c67)cc4ccc5cc(-c6ccc7ccc8cccc9ccc6c7c89)cc2c5c43)cc1. The molecule has 0 radical (unpaired) electrons. The van der Waals surface area contributed by atoms with Crippen LogP contribution in [-0.2, 0) is 0 Å². The maximum Gasteiger partial charge on any atom is 0.0553 e. The number of para-hydroxylation sites is 1. The summed E-state index contributed by atoms with van der Waals surface area (Å²) in [6.07, 6.45) is 0. The fourth-order valence-corrected chi connectivity index (χ4v) is 9.91. The molecule has 1 heterocycles. The third kappa shape index (κ3) is 3.61. The Morgan fingerprint density at radius 1 is 0.264 bits per heavy atom. The first-order valence-corrected chi connectivity index (χ1v) is 18.5. The van der Waals surface area contributed by atoms with Crippen LogP contribution in [0.4, 0.5) is 0 Å². The van der Waals surface area contributed by atoms with Crippen molar-refractivity contribution in [2.75, 3.05) is 0 Å². The van der Waals surface area contributed by atoms with Crippen LogP contribution in [-0.4, -0.2) is 4.57 Å². The monoisotopic (exact) mass is 667 g/mol. The smallest absolute Gasteiger partial charge is 0.0553 e. The van der Waals surface area contributed by atoms with Crippen LogP contribution in [0.25, 0.3) is 125 Å². The van der Waals surface area contributed by atoms with Gasteiger partial charge in [-0.05, 0) is 134 Å². The summed E-state index contributed by atoms with van der Waals surface area (Å²) in [5.41, 5.74) is 8.67. The van der Waals surface area contributed by atoms with E-state index in [-0.39, 0.29) is 0 Å². The van der Waals surface area contributed by atoms with E-state index < -0.39 is 0 Å². The second-order valence-corrected chi connectivity index (χ2v) is 14.9. The molecule has 0 fully saturated rings. The van der Waals surface area contributed by atoms with Crippen LogP contribution in [0.15, 0.2) is 176 Å². The van der Waals surface area contributed by atoms with Crippen LogP contribution in [0.5, 0.6) is 0 Å². The maximum absolute atomic E-state index is 2.50. The molecule has 13 aromatic rings. The van der Waals surface area contributed by atoms with Gasteiger partial charge in [0.15, 0.2) is 0 Å². The molecule has 1 aromatic heterocycles. The molecule has 0 atom stereocenters. The van der Waals surface area contributed by atoms with Gasteiger partial charge >= 0.3 is 0 Å². The van der Waals surface area contributed by atoms with Crippen molar-refractivity contribution in [2.45, 2.75) is 0 Å². The average molecular weight is 668 g/mol. The molecule has 13 rings (SSSR count). The first-order valence-electron chi connectivity index (χ1n) is 18.5. The van der Waals surface area contributed by atoms with Crippen molar-refractivity contribution in [2.24, 2.45) is 0 Å². The minimum Gasteiger partial charge on any atom is -0.309 e. The van der Waals surface area contributed by atoms with Gasteiger partial charge in [0.1, 0.15) is 0 Å². The van der Waals surface area contributed by atoms with Crippen LogP contribution < -0.4 is 0 Å². The average Bonchev–Trinajstić information content (AvgIpc) is 3.55. The highest BCUT2D eigenvalue weighted by molar-refractivity contribution is 6.29. The number of hydrogen-bond acceptors (Lipinski definition) is 0. The molecule has 0 unspecified atom stereocenters. The Kier molecular flexibility index (Phi) is 5.17. The maximum atomic E-state index is 2.50. The number of benzene rings is 12. The summed E-state index contributed by atoms with van der Waals surface area (Å²) in [5.74, 6) is 0. The summed E-state index contributed by atoms with van der Waals surface area (Å²) in [4.78, 5) is 0. The predicted octanol–water partition coefficient (Wildman–Crippen LogP) is 14.5. The fraction of sp³-hybridized carbons (Fsp3) is 0. The zero-order valence-corrected chi connectivity index (χ0v) is 28.7. The van der Waals surface area contributed by atoms with Gasteiger partial charge in [-0.1, -0.05) is 140 Å². The molecule has 0 saturated carbocycles. The summed E-state index contributed by atoms with van der Waals surface area (Å²) >= 11 is 0. The Hall–Kier alpha value is -6.96. The zero-order chi connectivity index (χ0) is 34.4. The van der Waals surface area contributed by atoms with Crippen molar-refractivity contribution in [1.29, 1.82) is 0 Å². The van der Waals surface area contributed by atoms with E-state index >= 15 is 0 Å². The molecule has 0 N–H and O–H groups in total. The van der Waals surface area contributed by atoms with E-state index in [0.717, 1.165) is 0 Å². The molecule has 242 valence electrons. The van der Waals surface area contributed by atoms with Crippen molar-refractivity contribution >= 4 is 97.2 Å². The lowest BCUT2D eigenvalue weighted by atomic mass is 9.88. The Morgan fingerprint density at radius 3 is 1.13 bits per heavy atom. The second-order valence-electron chi connectivity index (χ2n) is 14.9. The van der Waals surface area contributed by atoms with Gasteiger partial charge in [-0.25, -0.2) is 0 Å². The van der Waals surface area contributed by atoms with Crippen LogP contribution in [0.1, 0.15) is 0 Å². The first kappa shape index (κ1) is 27.7.